The molecule has 0 saturated carbocycles. The number of benzene rings is 1. The van der Waals surface area contributed by atoms with E-state index in [0.29, 0.717) is 51.1 Å². The van der Waals surface area contributed by atoms with Crippen LogP contribution in [0.1, 0.15) is 44.2 Å². The Balaban J connectivity index is 1.16. The van der Waals surface area contributed by atoms with Crippen LogP contribution >= 0.6 is 34.8 Å². The van der Waals surface area contributed by atoms with Crippen LogP contribution in [0.2, 0.25) is 15.1 Å². The lowest BCUT2D eigenvalue weighted by molar-refractivity contribution is -0.131. The van der Waals surface area contributed by atoms with Crippen molar-refractivity contribution in [2.75, 3.05) is 56.0 Å². The van der Waals surface area contributed by atoms with Crippen LogP contribution in [0.3, 0.4) is 0 Å². The number of hydrogen-bond donors (Lipinski definition) is 1. The number of rotatable bonds is 7. The molecule has 5 rings (SSSR count). The van der Waals surface area contributed by atoms with Crippen molar-refractivity contribution in [3.8, 4) is 0 Å². The molecule has 0 aliphatic carbocycles. The molecule has 0 bridgehead atoms. The van der Waals surface area contributed by atoms with Crippen LogP contribution in [-0.2, 0) is 4.79 Å². The third-order valence-corrected chi connectivity index (χ3v) is 8.57. The molecular formula is C26H33Cl3N6O. The Morgan fingerprint density at radius 3 is 2.58 bits per heavy atom. The summed E-state index contributed by atoms with van der Waals surface area (Å²) in [6.07, 6.45) is 6.32. The van der Waals surface area contributed by atoms with E-state index in [2.05, 4.69) is 20.1 Å². The van der Waals surface area contributed by atoms with Gasteiger partial charge in [0.05, 0.1) is 18.8 Å². The fourth-order valence-corrected chi connectivity index (χ4v) is 6.32. The Kier molecular flexibility index (Phi) is 8.11. The summed E-state index contributed by atoms with van der Waals surface area (Å²) in [5.41, 5.74) is 0.923. The first-order valence-electron chi connectivity index (χ1n) is 12.9. The van der Waals surface area contributed by atoms with Crippen molar-refractivity contribution in [3.05, 3.63) is 45.0 Å². The third-order valence-electron chi connectivity index (χ3n) is 7.73. The van der Waals surface area contributed by atoms with E-state index in [-0.39, 0.29) is 6.04 Å². The molecule has 0 spiro atoms. The van der Waals surface area contributed by atoms with Crippen LogP contribution in [0.4, 0.5) is 11.8 Å². The van der Waals surface area contributed by atoms with Gasteiger partial charge in [0.2, 0.25) is 11.9 Å². The molecule has 1 N–H and O–H groups in total. The average molecular weight is 552 g/mol. The molecular weight excluding hydrogens is 519 g/mol. The summed E-state index contributed by atoms with van der Waals surface area (Å²) < 4.78 is 0. The fourth-order valence-electron chi connectivity index (χ4n) is 5.60. The number of anilines is 2. The largest absolute Gasteiger partial charge is 0.362 e. The predicted molar refractivity (Wildman–Crippen MR) is 146 cm³/mol. The molecule has 2 atom stereocenters. The zero-order valence-corrected chi connectivity index (χ0v) is 22.9. The molecule has 3 aliphatic rings. The predicted octanol–water partition coefficient (Wildman–Crippen LogP) is 5.38. The molecule has 10 heteroatoms. The Labute approximate surface area is 228 Å². The lowest BCUT2D eigenvalue weighted by Crippen LogP contribution is -2.54. The maximum atomic E-state index is 12.6. The van der Waals surface area contributed by atoms with Gasteiger partial charge in [-0.05, 0) is 68.7 Å². The number of halogens is 3. The normalized spacial score (nSPS) is 21.9. The highest BCUT2D eigenvalue weighted by Gasteiger charge is 2.37. The standard InChI is InChI=1S/C26H33Cl3N6O/c1-17(21-7-6-20(27)11-22(21)28)31-25-23(29)12-30-26(32-25)35-14-19(15-35)18-5-4-8-33(13-18)16-24(36)34-9-2-3-10-34/h6-7,11-12,17-19H,2-5,8-10,13-16H2,1H3,(H,30,31,32)/t17?,18-/m0/s1. The van der Waals surface area contributed by atoms with E-state index >= 15 is 0 Å². The quantitative estimate of drug-likeness (QED) is 0.498. The number of piperidine rings is 1. The highest BCUT2D eigenvalue weighted by atomic mass is 35.5. The van der Waals surface area contributed by atoms with Gasteiger partial charge in [-0.25, -0.2) is 4.98 Å². The van der Waals surface area contributed by atoms with Crippen LogP contribution in [0.15, 0.2) is 24.4 Å². The molecule has 3 aliphatic heterocycles. The topological polar surface area (TPSA) is 64.6 Å². The first kappa shape index (κ1) is 25.8. The van der Waals surface area contributed by atoms with Crippen molar-refractivity contribution in [2.45, 2.75) is 38.6 Å². The highest BCUT2D eigenvalue weighted by molar-refractivity contribution is 6.35. The van der Waals surface area contributed by atoms with Crippen LogP contribution in [0.25, 0.3) is 0 Å². The van der Waals surface area contributed by atoms with Gasteiger partial charge < -0.3 is 15.1 Å². The Morgan fingerprint density at radius 2 is 1.83 bits per heavy atom. The lowest BCUT2D eigenvalue weighted by Gasteiger charge is -2.46. The molecule has 1 amide bonds. The molecule has 0 radical (unpaired) electrons. The lowest BCUT2D eigenvalue weighted by atomic mass is 9.80. The van der Waals surface area contributed by atoms with E-state index in [1.54, 1.807) is 12.3 Å². The van der Waals surface area contributed by atoms with Gasteiger partial charge in [0.15, 0.2) is 5.82 Å². The van der Waals surface area contributed by atoms with E-state index in [4.69, 9.17) is 39.8 Å². The number of nitrogens with zero attached hydrogens (tertiary/aromatic N) is 5. The van der Waals surface area contributed by atoms with Crippen molar-refractivity contribution in [1.82, 2.24) is 19.8 Å². The molecule has 7 nitrogen and oxygen atoms in total. The van der Waals surface area contributed by atoms with Gasteiger partial charge in [0, 0.05) is 42.8 Å². The number of hydrogen-bond acceptors (Lipinski definition) is 6. The van der Waals surface area contributed by atoms with Gasteiger partial charge in [-0.2, -0.15) is 4.98 Å². The third kappa shape index (κ3) is 5.85. The SMILES string of the molecule is CC(Nc1nc(N2CC([C@H]3CCCN(CC(=O)N4CCCC4)C3)C2)ncc1Cl)c1ccc(Cl)cc1Cl. The molecule has 1 unspecified atom stereocenters. The summed E-state index contributed by atoms with van der Waals surface area (Å²) in [7, 11) is 0. The van der Waals surface area contributed by atoms with Crippen molar-refractivity contribution in [2.24, 2.45) is 11.8 Å². The first-order chi connectivity index (χ1) is 17.4. The summed E-state index contributed by atoms with van der Waals surface area (Å²) in [6.45, 7) is 8.32. The van der Waals surface area contributed by atoms with Gasteiger partial charge in [0.25, 0.3) is 0 Å². The molecule has 3 saturated heterocycles. The van der Waals surface area contributed by atoms with E-state index < -0.39 is 0 Å². The fraction of sp³-hybridized carbons (Fsp3) is 0.577. The molecule has 194 valence electrons. The van der Waals surface area contributed by atoms with Crippen LogP contribution in [0, 0.1) is 11.8 Å². The smallest absolute Gasteiger partial charge is 0.236 e. The van der Waals surface area contributed by atoms with Crippen molar-refractivity contribution < 1.29 is 4.79 Å². The van der Waals surface area contributed by atoms with E-state index in [1.807, 2.05) is 24.0 Å². The Morgan fingerprint density at radius 1 is 1.06 bits per heavy atom. The summed E-state index contributed by atoms with van der Waals surface area (Å²) in [4.78, 5) is 28.4. The molecule has 1 aromatic heterocycles. The Hall–Kier alpha value is -1.80. The minimum atomic E-state index is -0.101. The van der Waals surface area contributed by atoms with Crippen LogP contribution in [0.5, 0.6) is 0 Å². The number of carbonyl (C=O) groups is 1. The zero-order chi connectivity index (χ0) is 25.2. The van der Waals surface area contributed by atoms with Crippen molar-refractivity contribution in [3.63, 3.8) is 0 Å². The first-order valence-corrected chi connectivity index (χ1v) is 14.0. The van der Waals surface area contributed by atoms with Crippen LogP contribution in [-0.4, -0.2) is 71.5 Å². The second kappa shape index (κ2) is 11.3. The number of likely N-dealkylation sites (tertiary alicyclic amines) is 2. The molecule has 4 heterocycles. The summed E-state index contributed by atoms with van der Waals surface area (Å²) in [5, 5.41) is 5.04. The van der Waals surface area contributed by atoms with Gasteiger partial charge in [-0.3, -0.25) is 9.69 Å². The number of amides is 1. The van der Waals surface area contributed by atoms with Crippen LogP contribution < -0.4 is 10.2 Å². The molecule has 1 aromatic carbocycles. The summed E-state index contributed by atoms with van der Waals surface area (Å²) >= 11 is 18.8. The zero-order valence-electron chi connectivity index (χ0n) is 20.6. The molecule has 36 heavy (non-hydrogen) atoms. The molecule has 2 aromatic rings. The second-order valence-corrected chi connectivity index (χ2v) is 11.5. The van der Waals surface area contributed by atoms with Gasteiger partial charge in [0.1, 0.15) is 5.02 Å². The van der Waals surface area contributed by atoms with E-state index in [1.165, 1.54) is 6.42 Å². The van der Waals surface area contributed by atoms with Gasteiger partial charge in [-0.15, -0.1) is 0 Å². The highest BCUT2D eigenvalue weighted by Crippen LogP contribution is 2.35. The maximum absolute atomic E-state index is 12.6. The van der Waals surface area contributed by atoms with E-state index in [9.17, 15) is 4.79 Å². The minimum Gasteiger partial charge on any atom is -0.362 e. The number of carbonyl (C=O) groups excluding carboxylic acids is 1. The summed E-state index contributed by atoms with van der Waals surface area (Å²) in [5.74, 6) is 2.78. The van der Waals surface area contributed by atoms with Gasteiger partial charge >= 0.3 is 0 Å². The monoisotopic (exact) mass is 550 g/mol. The maximum Gasteiger partial charge on any atom is 0.236 e. The number of aromatic nitrogens is 2. The summed E-state index contributed by atoms with van der Waals surface area (Å²) in [6, 6.07) is 5.36. The molecule has 3 fully saturated rings. The second-order valence-electron chi connectivity index (χ2n) is 10.3. The number of nitrogens with one attached hydrogen (secondary N) is 1. The minimum absolute atomic E-state index is 0.101. The van der Waals surface area contributed by atoms with Crippen molar-refractivity contribution in [1.29, 1.82) is 0 Å². The van der Waals surface area contributed by atoms with Crippen molar-refractivity contribution >= 4 is 52.5 Å². The van der Waals surface area contributed by atoms with Gasteiger partial charge in [-0.1, -0.05) is 40.9 Å². The average Bonchev–Trinajstić information content (AvgIpc) is 3.36. The van der Waals surface area contributed by atoms with E-state index in [0.717, 1.165) is 64.1 Å². The Bertz CT molecular complexity index is 1090.